The van der Waals surface area contributed by atoms with E-state index in [9.17, 15) is 26.3 Å². The highest BCUT2D eigenvalue weighted by Gasteiger charge is 2.34. The minimum atomic E-state index is -4.46. The largest absolute Gasteiger partial charge is 0.417 e. The Morgan fingerprint density at radius 2 is 1.46 bits per heavy atom. The van der Waals surface area contributed by atoms with Crippen molar-refractivity contribution >= 4 is 18.0 Å². The smallest absolute Gasteiger partial charge is 0.299 e. The minimum Gasteiger partial charge on any atom is -0.299 e. The lowest BCUT2D eigenvalue weighted by Gasteiger charge is -2.27. The van der Waals surface area contributed by atoms with Gasteiger partial charge in [0.25, 0.3) is 0 Å². The molecule has 0 amide bonds. The first-order valence-electron chi connectivity index (χ1n) is 11.0. The Bertz CT molecular complexity index is 1170. The van der Waals surface area contributed by atoms with E-state index in [4.69, 9.17) is 0 Å². The summed E-state index contributed by atoms with van der Waals surface area (Å²) in [7, 11) is 0. The molecule has 0 N–H and O–H groups in total. The van der Waals surface area contributed by atoms with Crippen LogP contribution in [0.5, 0.6) is 0 Å². The van der Waals surface area contributed by atoms with Crippen molar-refractivity contribution in [3.63, 3.8) is 0 Å². The van der Waals surface area contributed by atoms with E-state index in [1.54, 1.807) is 42.5 Å². The van der Waals surface area contributed by atoms with Crippen molar-refractivity contribution in [3.8, 4) is 11.1 Å². The summed E-state index contributed by atoms with van der Waals surface area (Å²) in [6, 6.07) is 18.3. The van der Waals surface area contributed by atoms with Crippen LogP contribution in [0.15, 0.2) is 78.9 Å². The SMILES string of the molecule is Cl.FC(F)(F)c1cccc(C2=CCN(CCc3ccc(-c4ccccc4)c(C(F)(F)F)c3)CC2)c1. The average molecular weight is 512 g/mol. The van der Waals surface area contributed by atoms with Crippen molar-refractivity contribution in [3.05, 3.63) is 101 Å². The molecule has 1 heterocycles. The lowest BCUT2D eigenvalue weighted by molar-refractivity contribution is -0.138. The van der Waals surface area contributed by atoms with E-state index in [-0.39, 0.29) is 18.0 Å². The first-order chi connectivity index (χ1) is 16.1. The molecule has 35 heavy (non-hydrogen) atoms. The van der Waals surface area contributed by atoms with Crippen LogP contribution in [0.1, 0.15) is 28.7 Å². The van der Waals surface area contributed by atoms with Gasteiger partial charge in [-0.2, -0.15) is 26.3 Å². The maximum absolute atomic E-state index is 13.7. The highest BCUT2D eigenvalue weighted by Crippen LogP contribution is 2.38. The predicted octanol–water partition coefficient (Wildman–Crippen LogP) is 8.14. The molecular weight excluding hydrogens is 488 g/mol. The number of hydrogen-bond donors (Lipinski definition) is 0. The van der Waals surface area contributed by atoms with E-state index < -0.39 is 23.5 Å². The summed E-state index contributed by atoms with van der Waals surface area (Å²) in [4.78, 5) is 2.09. The Morgan fingerprint density at radius 3 is 2.09 bits per heavy atom. The number of benzene rings is 3. The molecule has 3 aromatic rings. The van der Waals surface area contributed by atoms with Crippen LogP contribution in [0, 0.1) is 0 Å². The Morgan fingerprint density at radius 1 is 0.743 bits per heavy atom. The zero-order chi connectivity index (χ0) is 24.3. The first kappa shape index (κ1) is 26.8. The van der Waals surface area contributed by atoms with Crippen LogP contribution in [-0.4, -0.2) is 24.5 Å². The zero-order valence-corrected chi connectivity index (χ0v) is 19.5. The van der Waals surface area contributed by atoms with Gasteiger partial charge in [-0.1, -0.05) is 60.7 Å². The van der Waals surface area contributed by atoms with Crippen LogP contribution >= 0.6 is 12.4 Å². The fraction of sp³-hybridized carbons (Fsp3) is 0.259. The predicted molar refractivity (Wildman–Crippen MR) is 128 cm³/mol. The molecule has 1 aliphatic heterocycles. The van der Waals surface area contributed by atoms with Crippen molar-refractivity contribution in [2.24, 2.45) is 0 Å². The van der Waals surface area contributed by atoms with Crippen molar-refractivity contribution in [1.82, 2.24) is 4.90 Å². The Hall–Kier alpha value is -2.77. The molecular formula is C27H24ClF6N. The standard InChI is InChI=1S/C27H23F6N.ClH/c28-26(29,30)23-8-4-7-22(18-23)20-12-15-34(16-13-20)14-11-19-9-10-24(21-5-2-1-3-6-21)25(17-19)27(31,32)33;/h1-10,12,17-18H,11,13-16H2;1H. The van der Waals surface area contributed by atoms with Crippen molar-refractivity contribution < 1.29 is 26.3 Å². The van der Waals surface area contributed by atoms with E-state index in [0.29, 0.717) is 49.2 Å². The molecule has 0 unspecified atom stereocenters. The molecule has 0 radical (unpaired) electrons. The third-order valence-corrected chi connectivity index (χ3v) is 6.04. The summed E-state index contributed by atoms with van der Waals surface area (Å²) in [6.45, 7) is 1.74. The molecule has 3 aromatic carbocycles. The van der Waals surface area contributed by atoms with Gasteiger partial charge < -0.3 is 0 Å². The molecule has 0 saturated heterocycles. The fourth-order valence-corrected chi connectivity index (χ4v) is 4.21. The molecule has 0 aromatic heterocycles. The van der Waals surface area contributed by atoms with Gasteiger partial charge in [-0.3, -0.25) is 4.90 Å². The van der Waals surface area contributed by atoms with E-state index in [1.165, 1.54) is 18.2 Å². The Balaban J connectivity index is 0.00000342. The van der Waals surface area contributed by atoms with Crippen LogP contribution in [0.4, 0.5) is 26.3 Å². The molecule has 1 aliphatic rings. The monoisotopic (exact) mass is 511 g/mol. The van der Waals surface area contributed by atoms with Gasteiger partial charge in [-0.05, 0) is 58.9 Å². The number of alkyl halides is 6. The van der Waals surface area contributed by atoms with Crippen LogP contribution in [0.3, 0.4) is 0 Å². The van der Waals surface area contributed by atoms with Gasteiger partial charge >= 0.3 is 12.4 Å². The summed E-state index contributed by atoms with van der Waals surface area (Å²) in [5.74, 6) is 0. The molecule has 0 aliphatic carbocycles. The summed E-state index contributed by atoms with van der Waals surface area (Å²) >= 11 is 0. The third-order valence-electron chi connectivity index (χ3n) is 6.04. The summed E-state index contributed by atoms with van der Waals surface area (Å²) in [6.07, 6.45) is -5.91. The van der Waals surface area contributed by atoms with Gasteiger partial charge in [0.15, 0.2) is 0 Å². The van der Waals surface area contributed by atoms with Gasteiger partial charge in [0.1, 0.15) is 0 Å². The normalized spacial score (nSPS) is 14.9. The molecule has 0 bridgehead atoms. The van der Waals surface area contributed by atoms with Gasteiger partial charge in [-0.15, -0.1) is 12.4 Å². The quantitative estimate of drug-likeness (QED) is 0.312. The molecule has 4 rings (SSSR count). The second kappa shape index (κ2) is 10.9. The van der Waals surface area contributed by atoms with Crippen molar-refractivity contribution in [2.45, 2.75) is 25.2 Å². The van der Waals surface area contributed by atoms with Crippen LogP contribution < -0.4 is 0 Å². The summed E-state index contributed by atoms with van der Waals surface area (Å²) < 4.78 is 80.1. The van der Waals surface area contributed by atoms with Gasteiger partial charge in [0.05, 0.1) is 11.1 Å². The zero-order valence-electron chi connectivity index (χ0n) is 18.7. The first-order valence-corrected chi connectivity index (χ1v) is 11.0. The van der Waals surface area contributed by atoms with E-state index in [2.05, 4.69) is 4.90 Å². The van der Waals surface area contributed by atoms with Crippen LogP contribution in [-0.2, 0) is 18.8 Å². The van der Waals surface area contributed by atoms with Crippen LogP contribution in [0.2, 0.25) is 0 Å². The average Bonchev–Trinajstić information content (AvgIpc) is 2.82. The maximum Gasteiger partial charge on any atom is 0.417 e. The number of halogens is 7. The Labute approximate surface area is 206 Å². The minimum absolute atomic E-state index is 0. The topological polar surface area (TPSA) is 3.24 Å². The van der Waals surface area contributed by atoms with E-state index in [0.717, 1.165) is 17.7 Å². The molecule has 0 fully saturated rings. The second-order valence-corrected chi connectivity index (χ2v) is 8.35. The van der Waals surface area contributed by atoms with E-state index in [1.807, 2.05) is 6.08 Å². The lowest BCUT2D eigenvalue weighted by Crippen LogP contribution is -2.30. The summed E-state index contributed by atoms with van der Waals surface area (Å²) in [5.41, 5.74) is 1.36. The second-order valence-electron chi connectivity index (χ2n) is 8.35. The third kappa shape index (κ3) is 6.67. The van der Waals surface area contributed by atoms with Gasteiger partial charge in [0, 0.05) is 19.6 Å². The molecule has 186 valence electrons. The molecule has 0 spiro atoms. The van der Waals surface area contributed by atoms with Crippen LogP contribution in [0.25, 0.3) is 16.7 Å². The summed E-state index contributed by atoms with van der Waals surface area (Å²) in [5, 5.41) is 0. The number of hydrogen-bond acceptors (Lipinski definition) is 1. The van der Waals surface area contributed by atoms with Crippen molar-refractivity contribution in [1.29, 1.82) is 0 Å². The molecule has 0 atom stereocenters. The maximum atomic E-state index is 13.7. The highest BCUT2D eigenvalue weighted by atomic mass is 35.5. The molecule has 1 nitrogen and oxygen atoms in total. The van der Waals surface area contributed by atoms with E-state index >= 15 is 0 Å². The lowest BCUT2D eigenvalue weighted by atomic mass is 9.95. The molecule has 0 saturated carbocycles. The highest BCUT2D eigenvalue weighted by molar-refractivity contribution is 5.85. The number of nitrogens with zero attached hydrogens (tertiary/aromatic N) is 1. The Kier molecular flexibility index (Phi) is 8.34. The van der Waals surface area contributed by atoms with Gasteiger partial charge in [-0.25, -0.2) is 0 Å². The fourth-order valence-electron chi connectivity index (χ4n) is 4.21. The number of rotatable bonds is 5. The van der Waals surface area contributed by atoms with Crippen molar-refractivity contribution in [2.75, 3.05) is 19.6 Å². The van der Waals surface area contributed by atoms with Gasteiger partial charge in [0.2, 0.25) is 0 Å². The molecule has 8 heteroatoms.